The number of amides is 1. The van der Waals surface area contributed by atoms with Crippen LogP contribution in [0.25, 0.3) is 10.2 Å². The molecule has 0 atom stereocenters. The molecule has 2 aromatic heterocycles. The maximum atomic E-state index is 13.1. The molecule has 164 valence electrons. The summed E-state index contributed by atoms with van der Waals surface area (Å²) in [5.74, 6) is 0.765. The van der Waals surface area contributed by atoms with E-state index in [4.69, 9.17) is 4.74 Å². The summed E-state index contributed by atoms with van der Waals surface area (Å²) < 4.78 is 7.46. The van der Waals surface area contributed by atoms with Crippen LogP contribution in [-0.4, -0.2) is 28.3 Å². The number of methoxy groups -OCH3 is 1. The molecule has 0 spiro atoms. The second kappa shape index (κ2) is 9.58. The molecule has 6 nitrogen and oxygen atoms in total. The van der Waals surface area contributed by atoms with Crippen molar-refractivity contribution in [3.63, 3.8) is 0 Å². The molecule has 1 N–H and O–H groups in total. The van der Waals surface area contributed by atoms with Gasteiger partial charge >= 0.3 is 0 Å². The number of carbonyl (C=O) groups is 1. The molecule has 8 heteroatoms. The van der Waals surface area contributed by atoms with Crippen LogP contribution in [0.3, 0.4) is 0 Å². The van der Waals surface area contributed by atoms with Gasteiger partial charge in [-0.05, 0) is 54.6 Å². The average Bonchev–Trinajstić information content (AvgIpc) is 3.26. The van der Waals surface area contributed by atoms with Crippen molar-refractivity contribution in [2.24, 2.45) is 0 Å². The van der Waals surface area contributed by atoms with Crippen LogP contribution in [0.2, 0.25) is 0 Å². The van der Waals surface area contributed by atoms with Crippen molar-refractivity contribution in [1.29, 1.82) is 0 Å². The maximum absolute atomic E-state index is 13.1. The fraction of sp³-hybridized carbons (Fsp3) is 0.208. The highest BCUT2D eigenvalue weighted by Crippen LogP contribution is 2.23. The van der Waals surface area contributed by atoms with Gasteiger partial charge in [0.15, 0.2) is 5.16 Å². The van der Waals surface area contributed by atoms with Gasteiger partial charge in [0.1, 0.15) is 10.4 Å². The molecule has 0 fully saturated rings. The van der Waals surface area contributed by atoms with Gasteiger partial charge in [-0.3, -0.25) is 14.2 Å². The maximum Gasteiger partial charge on any atom is 0.272 e. The number of ether oxygens (including phenoxy) is 1. The number of thioether (sulfide) groups is 1. The minimum Gasteiger partial charge on any atom is -0.497 e. The van der Waals surface area contributed by atoms with E-state index in [9.17, 15) is 9.59 Å². The summed E-state index contributed by atoms with van der Waals surface area (Å²) in [5.41, 5.74) is 4.45. The first-order valence-electron chi connectivity index (χ1n) is 10.1. The number of hydrogen-bond acceptors (Lipinski definition) is 6. The summed E-state index contributed by atoms with van der Waals surface area (Å²) >= 11 is 2.64. The molecular formula is C24H23N3O3S2. The third kappa shape index (κ3) is 4.87. The number of rotatable bonds is 7. The van der Waals surface area contributed by atoms with Gasteiger partial charge in [-0.15, -0.1) is 11.3 Å². The standard InChI is InChI=1S/C24H23N3O3S2/c1-15-4-9-19(16(2)12-15)25-21(28)14-32-24-26-20-10-11-31-22(20)23(29)27(24)13-17-5-7-18(30-3)8-6-17/h4-12H,13-14H2,1-3H3,(H,25,28). The lowest BCUT2D eigenvalue weighted by Gasteiger charge is -2.13. The molecule has 0 radical (unpaired) electrons. The highest BCUT2D eigenvalue weighted by molar-refractivity contribution is 7.99. The van der Waals surface area contributed by atoms with Gasteiger partial charge in [-0.1, -0.05) is 41.6 Å². The number of anilines is 1. The lowest BCUT2D eigenvalue weighted by Crippen LogP contribution is -2.24. The number of thiophene rings is 1. The van der Waals surface area contributed by atoms with E-state index in [0.29, 0.717) is 21.9 Å². The summed E-state index contributed by atoms with van der Waals surface area (Å²) in [6, 6.07) is 15.3. The third-order valence-corrected chi connectivity index (χ3v) is 6.89. The Morgan fingerprint density at radius 2 is 1.94 bits per heavy atom. The molecule has 0 aliphatic rings. The van der Waals surface area contributed by atoms with E-state index in [-0.39, 0.29) is 17.2 Å². The van der Waals surface area contributed by atoms with Gasteiger partial charge < -0.3 is 10.1 Å². The molecule has 0 bridgehead atoms. The molecule has 4 rings (SSSR count). The van der Waals surface area contributed by atoms with Crippen molar-refractivity contribution in [2.45, 2.75) is 25.5 Å². The molecule has 0 saturated carbocycles. The number of benzene rings is 2. The fourth-order valence-electron chi connectivity index (χ4n) is 3.36. The van der Waals surface area contributed by atoms with Crippen molar-refractivity contribution in [3.05, 3.63) is 81.0 Å². The number of aromatic nitrogens is 2. The van der Waals surface area contributed by atoms with Crippen LogP contribution in [0.4, 0.5) is 5.69 Å². The van der Waals surface area contributed by atoms with Crippen molar-refractivity contribution in [1.82, 2.24) is 9.55 Å². The Balaban J connectivity index is 1.57. The molecule has 0 saturated heterocycles. The lowest BCUT2D eigenvalue weighted by atomic mass is 10.1. The van der Waals surface area contributed by atoms with Crippen molar-refractivity contribution >= 4 is 44.9 Å². The normalized spacial score (nSPS) is 11.0. The first-order chi connectivity index (χ1) is 15.4. The predicted molar refractivity (Wildman–Crippen MR) is 131 cm³/mol. The zero-order valence-corrected chi connectivity index (χ0v) is 19.7. The Labute approximate surface area is 194 Å². The minimum atomic E-state index is -0.141. The minimum absolute atomic E-state index is 0.0990. The van der Waals surface area contributed by atoms with Crippen LogP contribution in [0.5, 0.6) is 5.75 Å². The Morgan fingerprint density at radius 1 is 1.16 bits per heavy atom. The van der Waals surface area contributed by atoms with E-state index in [0.717, 1.165) is 28.1 Å². The molecule has 4 aromatic rings. The van der Waals surface area contributed by atoms with Crippen molar-refractivity contribution in [3.8, 4) is 5.75 Å². The molecule has 32 heavy (non-hydrogen) atoms. The number of hydrogen-bond donors (Lipinski definition) is 1. The molecule has 0 aliphatic heterocycles. The van der Waals surface area contributed by atoms with Crippen LogP contribution in [0.1, 0.15) is 16.7 Å². The quantitative estimate of drug-likeness (QED) is 0.312. The number of nitrogens with one attached hydrogen (secondary N) is 1. The molecule has 1 amide bonds. The SMILES string of the molecule is COc1ccc(Cn2c(SCC(=O)Nc3ccc(C)cc3C)nc3ccsc3c2=O)cc1. The Kier molecular flexibility index (Phi) is 6.62. The summed E-state index contributed by atoms with van der Waals surface area (Å²) in [4.78, 5) is 30.4. The summed E-state index contributed by atoms with van der Waals surface area (Å²) in [6.45, 7) is 4.35. The third-order valence-electron chi connectivity index (χ3n) is 5.02. The van der Waals surface area contributed by atoms with E-state index >= 15 is 0 Å². The van der Waals surface area contributed by atoms with Gasteiger partial charge in [-0.25, -0.2) is 4.98 Å². The van der Waals surface area contributed by atoms with E-state index in [1.54, 1.807) is 11.7 Å². The zero-order chi connectivity index (χ0) is 22.7. The Hall–Kier alpha value is -3.10. The Morgan fingerprint density at radius 3 is 2.66 bits per heavy atom. The average molecular weight is 466 g/mol. The van der Waals surface area contributed by atoms with Gasteiger partial charge in [0.25, 0.3) is 5.56 Å². The Bertz CT molecular complexity index is 1330. The predicted octanol–water partition coefficient (Wildman–Crippen LogP) is 4.86. The van der Waals surface area contributed by atoms with Gasteiger partial charge in [0, 0.05) is 5.69 Å². The smallest absolute Gasteiger partial charge is 0.272 e. The highest BCUT2D eigenvalue weighted by atomic mass is 32.2. The highest BCUT2D eigenvalue weighted by Gasteiger charge is 2.15. The van der Waals surface area contributed by atoms with Gasteiger partial charge in [0.2, 0.25) is 5.91 Å². The van der Waals surface area contributed by atoms with Crippen LogP contribution >= 0.6 is 23.1 Å². The molecule has 2 heterocycles. The van der Waals surface area contributed by atoms with E-state index < -0.39 is 0 Å². The van der Waals surface area contributed by atoms with E-state index in [1.165, 1.54) is 23.1 Å². The van der Waals surface area contributed by atoms with Crippen LogP contribution in [-0.2, 0) is 11.3 Å². The summed E-state index contributed by atoms with van der Waals surface area (Å²) in [6.07, 6.45) is 0. The van der Waals surface area contributed by atoms with Crippen LogP contribution in [0, 0.1) is 13.8 Å². The number of carbonyl (C=O) groups excluding carboxylic acids is 1. The number of nitrogens with zero attached hydrogens (tertiary/aromatic N) is 2. The second-order valence-corrected chi connectivity index (χ2v) is 9.28. The molecule has 0 unspecified atom stereocenters. The zero-order valence-electron chi connectivity index (χ0n) is 18.0. The summed E-state index contributed by atoms with van der Waals surface area (Å²) in [7, 11) is 1.62. The molecular weight excluding hydrogens is 442 g/mol. The molecule has 2 aromatic carbocycles. The topological polar surface area (TPSA) is 73.2 Å². The molecule has 0 aliphatic carbocycles. The number of fused-ring (bicyclic) bond motifs is 1. The van der Waals surface area contributed by atoms with E-state index in [1.807, 2.05) is 67.8 Å². The lowest BCUT2D eigenvalue weighted by molar-refractivity contribution is -0.113. The summed E-state index contributed by atoms with van der Waals surface area (Å²) in [5, 5.41) is 5.33. The first-order valence-corrected chi connectivity index (χ1v) is 11.9. The second-order valence-electron chi connectivity index (χ2n) is 7.42. The van der Waals surface area contributed by atoms with Crippen molar-refractivity contribution in [2.75, 3.05) is 18.2 Å². The van der Waals surface area contributed by atoms with Crippen LogP contribution < -0.4 is 15.6 Å². The fourth-order valence-corrected chi connectivity index (χ4v) is 4.93. The first kappa shape index (κ1) is 22.1. The monoisotopic (exact) mass is 465 g/mol. The van der Waals surface area contributed by atoms with E-state index in [2.05, 4.69) is 10.3 Å². The van der Waals surface area contributed by atoms with Gasteiger partial charge in [0.05, 0.1) is 24.9 Å². The number of aryl methyl sites for hydroxylation is 2. The largest absolute Gasteiger partial charge is 0.497 e. The van der Waals surface area contributed by atoms with Crippen LogP contribution in [0.15, 0.2) is 63.9 Å². The van der Waals surface area contributed by atoms with Crippen molar-refractivity contribution < 1.29 is 9.53 Å². The van der Waals surface area contributed by atoms with Gasteiger partial charge in [-0.2, -0.15) is 0 Å².